The van der Waals surface area contributed by atoms with Gasteiger partial charge in [-0.1, -0.05) is 30.3 Å². The molecule has 0 radical (unpaired) electrons. The molecule has 2 aliphatic rings. The molecule has 0 aliphatic carbocycles. The van der Waals surface area contributed by atoms with E-state index in [9.17, 15) is 9.90 Å². The first-order valence-electron chi connectivity index (χ1n) is 10.0. The van der Waals surface area contributed by atoms with Gasteiger partial charge in [0, 0.05) is 30.7 Å². The Labute approximate surface area is 170 Å². The number of aliphatic hydroxyl groups excluding tert-OH is 1. The molecule has 2 atom stereocenters. The lowest BCUT2D eigenvalue weighted by atomic mass is 9.91. The zero-order valence-corrected chi connectivity index (χ0v) is 16.5. The molecule has 4 rings (SSSR count). The molecule has 1 aromatic carbocycles. The number of aromatic nitrogens is 2. The van der Waals surface area contributed by atoms with Crippen molar-refractivity contribution < 1.29 is 14.6 Å². The Kier molecular flexibility index (Phi) is 5.64. The number of hydrogen-bond acceptors (Lipinski definition) is 6. The number of fused-ring (bicyclic) bond motifs is 1. The molecule has 1 unspecified atom stereocenters. The minimum Gasteiger partial charge on any atom is -0.395 e. The van der Waals surface area contributed by atoms with E-state index < -0.39 is 6.03 Å². The summed E-state index contributed by atoms with van der Waals surface area (Å²) in [6, 6.07) is 9.30. The number of nitrogens with one attached hydrogen (secondary N) is 1. The number of aliphatic hydroxyl groups is 1. The Morgan fingerprint density at radius 2 is 2.03 bits per heavy atom. The number of amides is 2. The molecule has 4 N–H and O–H groups in total. The monoisotopic (exact) mass is 397 g/mol. The predicted molar refractivity (Wildman–Crippen MR) is 108 cm³/mol. The molecule has 3 heterocycles. The third-order valence-electron chi connectivity index (χ3n) is 5.81. The molecule has 29 heavy (non-hydrogen) atoms. The number of carbonyl (C=O) groups excluding carboxylic acids is 1. The Balaban J connectivity index is 1.76. The van der Waals surface area contributed by atoms with Crippen molar-refractivity contribution in [1.29, 1.82) is 0 Å². The zero-order valence-electron chi connectivity index (χ0n) is 16.5. The summed E-state index contributed by atoms with van der Waals surface area (Å²) in [5, 5.41) is 13.7. The molecule has 154 valence electrons. The molecule has 2 aliphatic heterocycles. The number of carbonyl (C=O) groups is 1. The number of primary amides is 1. The van der Waals surface area contributed by atoms with Gasteiger partial charge in [-0.05, 0) is 25.3 Å². The summed E-state index contributed by atoms with van der Waals surface area (Å²) >= 11 is 0. The van der Waals surface area contributed by atoms with Crippen LogP contribution >= 0.6 is 0 Å². The molecule has 1 fully saturated rings. The fourth-order valence-electron chi connectivity index (χ4n) is 4.22. The maximum Gasteiger partial charge on any atom is 0.315 e. The second-order valence-corrected chi connectivity index (χ2v) is 7.61. The summed E-state index contributed by atoms with van der Waals surface area (Å²) in [5.41, 5.74) is 8.96. The van der Waals surface area contributed by atoms with Crippen molar-refractivity contribution in [3.8, 4) is 0 Å². The molecule has 2 amide bonds. The van der Waals surface area contributed by atoms with E-state index in [1.54, 1.807) is 4.90 Å². The van der Waals surface area contributed by atoms with Crippen LogP contribution < -0.4 is 11.1 Å². The smallest absolute Gasteiger partial charge is 0.315 e. The molecule has 8 nitrogen and oxygen atoms in total. The van der Waals surface area contributed by atoms with E-state index >= 15 is 0 Å². The number of anilines is 1. The normalized spacial score (nSPS) is 20.3. The maximum atomic E-state index is 11.9. The Bertz CT molecular complexity index is 870. The number of benzene rings is 1. The molecular weight excluding hydrogens is 370 g/mol. The first kappa shape index (κ1) is 19.6. The molecule has 8 heteroatoms. The molecule has 2 aromatic rings. The van der Waals surface area contributed by atoms with Crippen molar-refractivity contribution in [3.05, 3.63) is 52.8 Å². The highest BCUT2D eigenvalue weighted by Crippen LogP contribution is 2.39. The number of urea groups is 1. The van der Waals surface area contributed by atoms with Gasteiger partial charge >= 0.3 is 6.03 Å². The van der Waals surface area contributed by atoms with E-state index in [0.717, 1.165) is 35.4 Å². The van der Waals surface area contributed by atoms with Crippen LogP contribution in [0.25, 0.3) is 0 Å². The van der Waals surface area contributed by atoms with Crippen molar-refractivity contribution in [3.63, 3.8) is 0 Å². The van der Waals surface area contributed by atoms with Crippen LogP contribution in [-0.4, -0.2) is 51.9 Å². The van der Waals surface area contributed by atoms with Crippen LogP contribution in [0.1, 0.15) is 54.2 Å². The molecule has 0 bridgehead atoms. The highest BCUT2D eigenvalue weighted by atomic mass is 16.5. The Hall–Kier alpha value is -2.71. The molecule has 1 aromatic heterocycles. The fourth-order valence-corrected chi connectivity index (χ4v) is 4.22. The number of nitrogens with two attached hydrogens (primary N) is 1. The van der Waals surface area contributed by atoms with Crippen LogP contribution in [0.4, 0.5) is 10.7 Å². The summed E-state index contributed by atoms with van der Waals surface area (Å²) in [6.45, 7) is 3.61. The van der Waals surface area contributed by atoms with Crippen LogP contribution in [0.2, 0.25) is 0 Å². The highest BCUT2D eigenvalue weighted by molar-refractivity contribution is 5.73. The second kappa shape index (κ2) is 8.34. The number of rotatable bonds is 5. The minimum atomic E-state index is -0.486. The largest absolute Gasteiger partial charge is 0.395 e. The molecule has 0 spiro atoms. The van der Waals surface area contributed by atoms with Crippen LogP contribution in [0.15, 0.2) is 30.3 Å². The van der Waals surface area contributed by atoms with Crippen LogP contribution in [0.5, 0.6) is 0 Å². The van der Waals surface area contributed by atoms with Gasteiger partial charge in [-0.15, -0.1) is 0 Å². The average Bonchev–Trinajstić information content (AvgIpc) is 3.07. The summed E-state index contributed by atoms with van der Waals surface area (Å²) in [4.78, 5) is 23.0. The number of nitrogens with zero attached hydrogens (tertiary/aromatic N) is 3. The molecule has 0 saturated carbocycles. The molecule has 1 saturated heterocycles. The lowest BCUT2D eigenvalue weighted by Gasteiger charge is -2.25. The SMILES string of the molecule is CC1c2c(nc(NC3CCOCC3)nc2[C@@H](CO)c2ccccc2)CN1C(N)=O. The Morgan fingerprint density at radius 3 is 2.69 bits per heavy atom. The topological polar surface area (TPSA) is 114 Å². The summed E-state index contributed by atoms with van der Waals surface area (Å²) in [5.74, 6) is 0.219. The Morgan fingerprint density at radius 1 is 1.31 bits per heavy atom. The van der Waals surface area contributed by atoms with Gasteiger partial charge in [0.15, 0.2) is 0 Å². The van der Waals surface area contributed by atoms with Gasteiger partial charge in [0.05, 0.1) is 30.6 Å². The quantitative estimate of drug-likeness (QED) is 0.712. The van der Waals surface area contributed by atoms with Crippen LogP contribution in [0, 0.1) is 0 Å². The van der Waals surface area contributed by atoms with Gasteiger partial charge in [0.1, 0.15) is 0 Å². The summed E-state index contributed by atoms with van der Waals surface area (Å²) in [6.07, 6.45) is 1.78. The zero-order chi connectivity index (χ0) is 20.4. The van der Waals surface area contributed by atoms with Gasteiger partial charge in [-0.25, -0.2) is 14.8 Å². The lowest BCUT2D eigenvalue weighted by Crippen LogP contribution is -2.33. The summed E-state index contributed by atoms with van der Waals surface area (Å²) < 4.78 is 5.43. The van der Waals surface area contributed by atoms with E-state index in [-0.39, 0.29) is 24.6 Å². The maximum absolute atomic E-state index is 11.9. The third kappa shape index (κ3) is 3.90. The second-order valence-electron chi connectivity index (χ2n) is 7.61. The van der Waals surface area contributed by atoms with E-state index in [1.165, 1.54) is 0 Å². The van der Waals surface area contributed by atoms with Gasteiger partial charge < -0.3 is 25.8 Å². The van der Waals surface area contributed by atoms with Crippen molar-refractivity contribution in [2.45, 2.75) is 44.3 Å². The van der Waals surface area contributed by atoms with Crippen molar-refractivity contribution in [2.24, 2.45) is 5.73 Å². The van der Waals surface area contributed by atoms with Gasteiger partial charge in [0.25, 0.3) is 0 Å². The summed E-state index contributed by atoms with van der Waals surface area (Å²) in [7, 11) is 0. The number of ether oxygens (including phenoxy) is 1. The standard InChI is InChI=1S/C21H27N5O3/c1-13-18-17(11-26(13)20(22)28)24-21(23-15-7-9-29-10-8-15)25-19(18)16(12-27)14-5-3-2-4-6-14/h2-6,13,15-16,27H,7-12H2,1H3,(H2,22,28)(H,23,24,25)/t13?,16-/m0/s1. The first-order chi connectivity index (χ1) is 14.1. The van der Waals surface area contributed by atoms with E-state index in [1.807, 2.05) is 37.3 Å². The van der Waals surface area contributed by atoms with Gasteiger partial charge in [-0.2, -0.15) is 0 Å². The minimum absolute atomic E-state index is 0.0898. The van der Waals surface area contributed by atoms with E-state index in [4.69, 9.17) is 20.4 Å². The van der Waals surface area contributed by atoms with Crippen molar-refractivity contribution in [1.82, 2.24) is 14.9 Å². The lowest BCUT2D eigenvalue weighted by molar-refractivity contribution is 0.0903. The third-order valence-corrected chi connectivity index (χ3v) is 5.81. The van der Waals surface area contributed by atoms with Crippen molar-refractivity contribution >= 4 is 12.0 Å². The van der Waals surface area contributed by atoms with Gasteiger partial charge in [-0.3, -0.25) is 0 Å². The average molecular weight is 397 g/mol. The van der Waals surface area contributed by atoms with Crippen LogP contribution in [0.3, 0.4) is 0 Å². The number of hydrogen-bond donors (Lipinski definition) is 3. The van der Waals surface area contributed by atoms with E-state index in [2.05, 4.69) is 5.32 Å². The van der Waals surface area contributed by atoms with Crippen LogP contribution in [-0.2, 0) is 11.3 Å². The van der Waals surface area contributed by atoms with Gasteiger partial charge in [0.2, 0.25) is 5.95 Å². The fraction of sp³-hybridized carbons (Fsp3) is 0.476. The molecular formula is C21H27N5O3. The van der Waals surface area contributed by atoms with Crippen molar-refractivity contribution in [2.75, 3.05) is 25.1 Å². The predicted octanol–water partition coefficient (Wildman–Crippen LogP) is 2.15. The van der Waals surface area contributed by atoms with E-state index in [0.29, 0.717) is 25.7 Å². The highest BCUT2D eigenvalue weighted by Gasteiger charge is 2.36. The first-order valence-corrected chi connectivity index (χ1v) is 10.0.